The van der Waals surface area contributed by atoms with Crippen molar-refractivity contribution in [3.8, 4) is 11.5 Å². The van der Waals surface area contributed by atoms with E-state index < -0.39 is 12.1 Å². The van der Waals surface area contributed by atoms with Gasteiger partial charge < -0.3 is 14.6 Å². The molecular formula is C15H14N2O4. The van der Waals surface area contributed by atoms with Crippen molar-refractivity contribution in [2.45, 2.75) is 20.0 Å². The summed E-state index contributed by atoms with van der Waals surface area (Å²) in [4.78, 5) is 19.7. The number of aryl methyl sites for hydroxylation is 2. The van der Waals surface area contributed by atoms with Crippen molar-refractivity contribution in [1.82, 2.24) is 9.97 Å². The van der Waals surface area contributed by atoms with Gasteiger partial charge in [-0.05, 0) is 26.0 Å². The van der Waals surface area contributed by atoms with E-state index in [1.807, 2.05) is 24.3 Å². The predicted molar refractivity (Wildman–Crippen MR) is 73.8 cm³/mol. The van der Waals surface area contributed by atoms with Gasteiger partial charge in [-0.25, -0.2) is 14.8 Å². The maximum absolute atomic E-state index is 11.2. The van der Waals surface area contributed by atoms with E-state index in [0.717, 1.165) is 0 Å². The summed E-state index contributed by atoms with van der Waals surface area (Å²) >= 11 is 0. The average Bonchev–Trinajstić information content (AvgIpc) is 2.45. The molecule has 6 heteroatoms. The molecule has 1 aliphatic heterocycles. The zero-order valence-corrected chi connectivity index (χ0v) is 11.7. The van der Waals surface area contributed by atoms with Gasteiger partial charge in [0, 0.05) is 0 Å². The molecule has 0 amide bonds. The van der Waals surface area contributed by atoms with Gasteiger partial charge in [0.25, 0.3) is 0 Å². The Kier molecular flexibility index (Phi) is 3.21. The van der Waals surface area contributed by atoms with Gasteiger partial charge in [-0.1, -0.05) is 12.1 Å². The highest BCUT2D eigenvalue weighted by Gasteiger charge is 2.26. The smallest absolute Gasteiger partial charge is 0.339 e. The van der Waals surface area contributed by atoms with Crippen LogP contribution in [0.25, 0.3) is 0 Å². The molecule has 21 heavy (non-hydrogen) atoms. The minimum atomic E-state index is -1.03. The third-order valence-electron chi connectivity index (χ3n) is 3.30. The van der Waals surface area contributed by atoms with Crippen molar-refractivity contribution in [3.05, 3.63) is 47.0 Å². The quantitative estimate of drug-likeness (QED) is 0.912. The summed E-state index contributed by atoms with van der Waals surface area (Å²) in [6.45, 7) is 3.60. The monoisotopic (exact) mass is 286 g/mol. The Labute approximate surface area is 121 Å². The fourth-order valence-corrected chi connectivity index (χ4v) is 2.34. The molecule has 1 atom stereocenters. The molecule has 1 aromatic carbocycles. The number of benzene rings is 1. The predicted octanol–water partition coefficient (Wildman–Crippen LogP) is 2.30. The van der Waals surface area contributed by atoms with E-state index >= 15 is 0 Å². The molecule has 0 fully saturated rings. The second-order valence-electron chi connectivity index (χ2n) is 4.80. The Hall–Kier alpha value is -2.63. The van der Waals surface area contributed by atoms with E-state index in [1.54, 1.807) is 13.8 Å². The molecule has 108 valence electrons. The zero-order chi connectivity index (χ0) is 15.0. The minimum Gasteiger partial charge on any atom is -0.485 e. The number of aromatic carboxylic acids is 1. The summed E-state index contributed by atoms with van der Waals surface area (Å²) in [5.74, 6) is 0.728. The van der Waals surface area contributed by atoms with Crippen LogP contribution in [0.15, 0.2) is 24.3 Å². The van der Waals surface area contributed by atoms with Crippen LogP contribution in [0.2, 0.25) is 0 Å². The third-order valence-corrected chi connectivity index (χ3v) is 3.30. The molecule has 1 aliphatic rings. The number of nitrogens with zero attached hydrogens (tertiary/aromatic N) is 2. The maximum atomic E-state index is 11.2. The average molecular weight is 286 g/mol. The number of fused-ring (bicyclic) bond motifs is 1. The first-order chi connectivity index (χ1) is 10.1. The summed E-state index contributed by atoms with van der Waals surface area (Å²) in [6.07, 6.45) is -0.444. The van der Waals surface area contributed by atoms with Gasteiger partial charge in [-0.2, -0.15) is 0 Å². The van der Waals surface area contributed by atoms with E-state index in [-0.39, 0.29) is 5.56 Å². The van der Waals surface area contributed by atoms with Crippen LogP contribution in [-0.2, 0) is 0 Å². The number of para-hydroxylation sites is 2. The highest BCUT2D eigenvalue weighted by Crippen LogP contribution is 2.35. The van der Waals surface area contributed by atoms with E-state index in [2.05, 4.69) is 9.97 Å². The normalized spacial score (nSPS) is 16.6. The molecule has 0 saturated heterocycles. The van der Waals surface area contributed by atoms with Crippen molar-refractivity contribution in [1.29, 1.82) is 0 Å². The first-order valence-corrected chi connectivity index (χ1v) is 6.53. The van der Waals surface area contributed by atoms with Crippen molar-refractivity contribution >= 4 is 5.97 Å². The number of ether oxygens (including phenoxy) is 2. The van der Waals surface area contributed by atoms with E-state index in [4.69, 9.17) is 14.6 Å². The molecule has 3 rings (SSSR count). The van der Waals surface area contributed by atoms with Gasteiger partial charge in [0.2, 0.25) is 0 Å². The van der Waals surface area contributed by atoms with Gasteiger partial charge >= 0.3 is 5.97 Å². The summed E-state index contributed by atoms with van der Waals surface area (Å²) in [6, 6.07) is 7.37. The lowest BCUT2D eigenvalue weighted by atomic mass is 10.1. The second kappa shape index (κ2) is 5.05. The summed E-state index contributed by atoms with van der Waals surface area (Å²) < 4.78 is 11.5. The van der Waals surface area contributed by atoms with Gasteiger partial charge in [0.1, 0.15) is 12.2 Å². The second-order valence-corrected chi connectivity index (χ2v) is 4.80. The number of hydrogen-bond donors (Lipinski definition) is 1. The van der Waals surface area contributed by atoms with E-state index in [9.17, 15) is 4.79 Å². The van der Waals surface area contributed by atoms with Crippen LogP contribution in [0.3, 0.4) is 0 Å². The van der Waals surface area contributed by atoms with Gasteiger partial charge in [0.15, 0.2) is 23.4 Å². The topological polar surface area (TPSA) is 81.5 Å². The number of carbonyl (C=O) groups is 1. The number of carboxylic acid groups (broad SMARTS) is 1. The van der Waals surface area contributed by atoms with Crippen LogP contribution in [0.5, 0.6) is 11.5 Å². The molecule has 2 aromatic rings. The van der Waals surface area contributed by atoms with Crippen LogP contribution in [0, 0.1) is 13.8 Å². The fourth-order valence-electron chi connectivity index (χ4n) is 2.34. The minimum absolute atomic E-state index is 0.135. The first-order valence-electron chi connectivity index (χ1n) is 6.53. The number of aromatic nitrogens is 2. The van der Waals surface area contributed by atoms with E-state index in [1.165, 1.54) is 0 Å². The summed E-state index contributed by atoms with van der Waals surface area (Å²) in [5.41, 5.74) is 0.982. The fraction of sp³-hybridized carbons (Fsp3) is 0.267. The van der Waals surface area contributed by atoms with Gasteiger partial charge in [-0.3, -0.25) is 0 Å². The first kappa shape index (κ1) is 13.4. The van der Waals surface area contributed by atoms with Crippen molar-refractivity contribution < 1.29 is 19.4 Å². The molecule has 1 aromatic heterocycles. The van der Waals surface area contributed by atoms with E-state index in [0.29, 0.717) is 35.3 Å². The molecule has 0 spiro atoms. The number of hydrogen-bond acceptors (Lipinski definition) is 5. The van der Waals surface area contributed by atoms with Crippen LogP contribution < -0.4 is 9.47 Å². The van der Waals surface area contributed by atoms with Crippen LogP contribution in [-0.4, -0.2) is 27.7 Å². The Morgan fingerprint density at radius 3 is 2.43 bits per heavy atom. The molecule has 0 aliphatic carbocycles. The highest BCUT2D eigenvalue weighted by atomic mass is 16.6. The lowest BCUT2D eigenvalue weighted by Crippen LogP contribution is -2.25. The maximum Gasteiger partial charge on any atom is 0.339 e. The summed E-state index contributed by atoms with van der Waals surface area (Å²) in [7, 11) is 0. The Morgan fingerprint density at radius 2 is 1.81 bits per heavy atom. The SMILES string of the molecule is Cc1nc(C2COc3ccccc3O2)nc(C)c1C(=O)O. The highest BCUT2D eigenvalue weighted by molar-refractivity contribution is 5.89. The van der Waals surface area contributed by atoms with Crippen molar-refractivity contribution in [3.63, 3.8) is 0 Å². The molecule has 0 bridgehead atoms. The standard InChI is InChI=1S/C15H14N2O4/c1-8-13(15(18)19)9(2)17-14(16-8)12-7-20-10-5-3-4-6-11(10)21-12/h3-6,12H,7H2,1-2H3,(H,18,19). The zero-order valence-electron chi connectivity index (χ0n) is 11.7. The molecule has 0 radical (unpaired) electrons. The molecule has 0 saturated carbocycles. The number of carboxylic acids is 1. The van der Waals surface area contributed by atoms with Crippen molar-refractivity contribution in [2.75, 3.05) is 6.61 Å². The Balaban J connectivity index is 1.94. The lowest BCUT2D eigenvalue weighted by molar-refractivity contribution is 0.0691. The van der Waals surface area contributed by atoms with Crippen LogP contribution >= 0.6 is 0 Å². The molecule has 2 heterocycles. The largest absolute Gasteiger partial charge is 0.485 e. The summed E-state index contributed by atoms with van der Waals surface area (Å²) in [5, 5.41) is 9.14. The molecule has 1 unspecified atom stereocenters. The Bertz CT molecular complexity index is 692. The Morgan fingerprint density at radius 1 is 1.19 bits per heavy atom. The number of rotatable bonds is 2. The van der Waals surface area contributed by atoms with Crippen LogP contribution in [0.1, 0.15) is 33.7 Å². The lowest BCUT2D eigenvalue weighted by Gasteiger charge is -2.25. The van der Waals surface area contributed by atoms with Crippen molar-refractivity contribution in [2.24, 2.45) is 0 Å². The van der Waals surface area contributed by atoms with Crippen LogP contribution in [0.4, 0.5) is 0 Å². The molecule has 1 N–H and O–H groups in total. The van der Waals surface area contributed by atoms with Gasteiger partial charge in [-0.15, -0.1) is 0 Å². The third kappa shape index (κ3) is 2.40. The molecular weight excluding hydrogens is 272 g/mol. The van der Waals surface area contributed by atoms with Gasteiger partial charge in [0.05, 0.1) is 11.4 Å². The molecule has 6 nitrogen and oxygen atoms in total.